The number of carbonyl (C=O) groups excluding carboxylic acids is 1. The second-order valence-corrected chi connectivity index (χ2v) is 4.13. The molecule has 0 amide bonds. The van der Waals surface area contributed by atoms with Gasteiger partial charge in [0.05, 0.1) is 6.04 Å². The van der Waals surface area contributed by atoms with Gasteiger partial charge in [0, 0.05) is 18.9 Å². The quantitative estimate of drug-likeness (QED) is 0.783. The summed E-state index contributed by atoms with van der Waals surface area (Å²) in [6.45, 7) is 0.910. The Morgan fingerprint density at radius 1 is 1.41 bits per heavy atom. The van der Waals surface area contributed by atoms with Crippen LogP contribution in [0.5, 0.6) is 0 Å². The minimum absolute atomic E-state index is 0.0140. The van der Waals surface area contributed by atoms with Gasteiger partial charge in [-0.15, -0.1) is 0 Å². The van der Waals surface area contributed by atoms with Crippen LogP contribution in [0.25, 0.3) is 0 Å². The van der Waals surface area contributed by atoms with Crippen molar-refractivity contribution in [2.75, 3.05) is 6.54 Å². The van der Waals surface area contributed by atoms with Crippen LogP contribution in [0.2, 0.25) is 0 Å². The highest BCUT2D eigenvalue weighted by Crippen LogP contribution is 2.27. The van der Waals surface area contributed by atoms with E-state index in [1.165, 1.54) is 15.7 Å². The third kappa shape index (κ3) is 1.66. The number of fused-ring (bicyclic) bond motifs is 1. The number of hydrogen-bond acceptors (Lipinski definition) is 3. The summed E-state index contributed by atoms with van der Waals surface area (Å²) in [5, 5.41) is 3.41. The molecule has 1 atom stereocenters. The molecule has 1 unspecified atom stereocenters. The maximum Gasteiger partial charge on any atom is 0.219 e. The van der Waals surface area contributed by atoms with E-state index in [4.69, 9.17) is 0 Å². The fourth-order valence-corrected chi connectivity index (χ4v) is 2.37. The van der Waals surface area contributed by atoms with Gasteiger partial charge in [0.2, 0.25) is 6.41 Å². The Morgan fingerprint density at radius 2 is 2.29 bits per heavy atom. The predicted molar refractivity (Wildman–Crippen MR) is 64.4 cm³/mol. The van der Waals surface area contributed by atoms with Gasteiger partial charge in [-0.3, -0.25) is 9.36 Å². The lowest BCUT2D eigenvalue weighted by Crippen LogP contribution is -2.32. The van der Waals surface area contributed by atoms with Gasteiger partial charge in [-0.05, 0) is 17.5 Å². The van der Waals surface area contributed by atoms with E-state index in [1.54, 1.807) is 12.4 Å². The fourth-order valence-electron chi connectivity index (χ4n) is 2.37. The second kappa shape index (κ2) is 4.14. The molecule has 17 heavy (non-hydrogen) atoms. The molecule has 4 nitrogen and oxygen atoms in total. The van der Waals surface area contributed by atoms with Crippen molar-refractivity contribution in [1.29, 1.82) is 0 Å². The Balaban J connectivity index is 2.09. The summed E-state index contributed by atoms with van der Waals surface area (Å²) in [5.41, 5.74) is 2.55. The fraction of sp³-hybridized carbons (Fsp3) is 0.231. The van der Waals surface area contributed by atoms with Crippen molar-refractivity contribution in [2.24, 2.45) is 0 Å². The number of aromatic nitrogens is 2. The molecule has 1 aromatic carbocycles. The van der Waals surface area contributed by atoms with Crippen LogP contribution in [-0.4, -0.2) is 22.5 Å². The van der Waals surface area contributed by atoms with Crippen LogP contribution in [0.3, 0.4) is 0 Å². The van der Waals surface area contributed by atoms with Crippen LogP contribution in [-0.2, 0) is 11.2 Å². The number of hydrogen-bond donors (Lipinski definition) is 1. The molecule has 1 aliphatic rings. The summed E-state index contributed by atoms with van der Waals surface area (Å²) in [6.07, 6.45) is 5.15. The Labute approximate surface area is 99.3 Å². The average molecular weight is 227 g/mol. The van der Waals surface area contributed by atoms with E-state index in [2.05, 4.69) is 22.4 Å². The molecule has 1 aliphatic heterocycles. The molecule has 1 aromatic heterocycles. The first kappa shape index (κ1) is 10.2. The largest absolute Gasteiger partial charge is 0.303 e. The summed E-state index contributed by atoms with van der Waals surface area (Å²) < 4.78 is 1.53. The van der Waals surface area contributed by atoms with Crippen LogP contribution >= 0.6 is 0 Å². The second-order valence-electron chi connectivity index (χ2n) is 4.13. The zero-order chi connectivity index (χ0) is 11.7. The molecular formula is C13H13N3O. The number of imidazole rings is 1. The molecule has 0 aliphatic carbocycles. The molecule has 0 fully saturated rings. The van der Waals surface area contributed by atoms with Gasteiger partial charge in [0.1, 0.15) is 5.82 Å². The lowest BCUT2D eigenvalue weighted by molar-refractivity contribution is 0.520. The smallest absolute Gasteiger partial charge is 0.219 e. The molecule has 0 saturated carbocycles. The van der Waals surface area contributed by atoms with Crippen molar-refractivity contribution in [2.45, 2.75) is 12.5 Å². The summed E-state index contributed by atoms with van der Waals surface area (Å²) in [5.74, 6) is 0.757. The number of nitrogens with zero attached hydrogens (tertiary/aromatic N) is 2. The standard InChI is InChI=1S/C13H13N3O/c17-9-16-8-7-15-13(16)12-11-4-2-1-3-10(11)5-6-14-12/h1-4,7-9,12,14H,5-6H2. The maximum absolute atomic E-state index is 10.9. The third-order valence-corrected chi connectivity index (χ3v) is 3.18. The summed E-state index contributed by atoms with van der Waals surface area (Å²) in [7, 11) is 0. The van der Waals surface area contributed by atoms with Gasteiger partial charge in [0.15, 0.2) is 0 Å². The molecule has 3 rings (SSSR count). The predicted octanol–water partition coefficient (Wildman–Crippen LogP) is 1.16. The van der Waals surface area contributed by atoms with E-state index in [-0.39, 0.29) is 6.04 Å². The van der Waals surface area contributed by atoms with Crippen LogP contribution in [0.4, 0.5) is 0 Å². The molecule has 1 N–H and O–H groups in total. The maximum atomic E-state index is 10.9. The average Bonchev–Trinajstić information content (AvgIpc) is 2.86. The molecular weight excluding hydrogens is 214 g/mol. The van der Waals surface area contributed by atoms with Gasteiger partial charge < -0.3 is 5.32 Å². The van der Waals surface area contributed by atoms with Crippen molar-refractivity contribution < 1.29 is 4.79 Å². The minimum atomic E-state index is 0.0140. The molecule has 0 radical (unpaired) electrons. The van der Waals surface area contributed by atoms with Gasteiger partial charge in [-0.2, -0.15) is 0 Å². The molecule has 4 heteroatoms. The topological polar surface area (TPSA) is 46.9 Å². The molecule has 2 aromatic rings. The van der Waals surface area contributed by atoms with Crippen molar-refractivity contribution in [3.8, 4) is 0 Å². The Morgan fingerprint density at radius 3 is 3.18 bits per heavy atom. The molecule has 2 heterocycles. The Hall–Kier alpha value is -1.94. The highest BCUT2D eigenvalue weighted by molar-refractivity contribution is 5.54. The minimum Gasteiger partial charge on any atom is -0.303 e. The van der Waals surface area contributed by atoms with E-state index < -0.39 is 0 Å². The van der Waals surface area contributed by atoms with Crippen molar-refractivity contribution in [1.82, 2.24) is 14.9 Å². The Bertz CT molecular complexity index is 547. The highest BCUT2D eigenvalue weighted by Gasteiger charge is 2.24. The SMILES string of the molecule is O=Cn1ccnc1C1NCCc2ccccc21. The van der Waals surface area contributed by atoms with Crippen LogP contribution in [0.15, 0.2) is 36.7 Å². The van der Waals surface area contributed by atoms with Crippen molar-refractivity contribution in [3.63, 3.8) is 0 Å². The highest BCUT2D eigenvalue weighted by atomic mass is 16.1. The summed E-state index contributed by atoms with van der Waals surface area (Å²) >= 11 is 0. The molecule has 0 saturated heterocycles. The first-order valence-electron chi connectivity index (χ1n) is 5.69. The summed E-state index contributed by atoms with van der Waals surface area (Å²) in [6, 6.07) is 8.31. The third-order valence-electron chi connectivity index (χ3n) is 3.18. The molecule has 0 bridgehead atoms. The van der Waals surface area contributed by atoms with Crippen molar-refractivity contribution in [3.05, 3.63) is 53.6 Å². The van der Waals surface area contributed by atoms with Gasteiger partial charge in [-0.1, -0.05) is 24.3 Å². The van der Waals surface area contributed by atoms with E-state index >= 15 is 0 Å². The first-order valence-corrected chi connectivity index (χ1v) is 5.69. The monoisotopic (exact) mass is 227 g/mol. The van der Waals surface area contributed by atoms with Crippen molar-refractivity contribution >= 4 is 6.41 Å². The molecule has 86 valence electrons. The lowest BCUT2D eigenvalue weighted by Gasteiger charge is -2.26. The first-order chi connectivity index (χ1) is 8.40. The number of rotatable bonds is 2. The van der Waals surface area contributed by atoms with E-state index in [9.17, 15) is 4.79 Å². The normalized spacial score (nSPS) is 18.7. The van der Waals surface area contributed by atoms with Crippen LogP contribution in [0, 0.1) is 0 Å². The van der Waals surface area contributed by atoms with Gasteiger partial charge in [0.25, 0.3) is 0 Å². The van der Waals surface area contributed by atoms with Gasteiger partial charge >= 0.3 is 0 Å². The molecule has 0 spiro atoms. The lowest BCUT2D eigenvalue weighted by atomic mass is 9.94. The summed E-state index contributed by atoms with van der Waals surface area (Å²) in [4.78, 5) is 15.2. The zero-order valence-electron chi connectivity index (χ0n) is 9.34. The Kier molecular flexibility index (Phi) is 2.49. The number of benzene rings is 1. The zero-order valence-corrected chi connectivity index (χ0v) is 9.34. The van der Waals surface area contributed by atoms with Crippen LogP contribution in [0.1, 0.15) is 23.0 Å². The van der Waals surface area contributed by atoms with Crippen LogP contribution < -0.4 is 5.32 Å². The van der Waals surface area contributed by atoms with E-state index in [0.29, 0.717) is 0 Å². The number of carbonyl (C=O) groups is 1. The number of nitrogens with one attached hydrogen (secondary N) is 1. The van der Waals surface area contributed by atoms with E-state index in [0.717, 1.165) is 25.2 Å². The van der Waals surface area contributed by atoms with Gasteiger partial charge in [-0.25, -0.2) is 4.98 Å². The van der Waals surface area contributed by atoms with E-state index in [1.807, 2.05) is 12.1 Å².